The van der Waals surface area contributed by atoms with Gasteiger partial charge in [0.2, 0.25) is 0 Å². The lowest BCUT2D eigenvalue weighted by atomic mass is 10.0. The Balaban J connectivity index is 2.05. The normalized spacial score (nSPS) is 10.6. The van der Waals surface area contributed by atoms with E-state index in [9.17, 15) is 0 Å². The van der Waals surface area contributed by atoms with Crippen LogP contribution in [-0.2, 0) is 6.42 Å². The second-order valence-corrected chi connectivity index (χ2v) is 5.52. The molecular formula is C20H21NO4. The van der Waals surface area contributed by atoms with Gasteiger partial charge < -0.3 is 18.9 Å². The Morgan fingerprint density at radius 1 is 0.720 bits per heavy atom. The minimum Gasteiger partial charge on any atom is -0.493 e. The van der Waals surface area contributed by atoms with E-state index in [4.69, 9.17) is 18.9 Å². The molecule has 1 aromatic heterocycles. The highest BCUT2D eigenvalue weighted by molar-refractivity contribution is 5.92. The average Bonchev–Trinajstić information content (AvgIpc) is 2.67. The maximum Gasteiger partial charge on any atom is 0.168 e. The fourth-order valence-corrected chi connectivity index (χ4v) is 2.96. The number of aromatic nitrogens is 1. The zero-order chi connectivity index (χ0) is 17.8. The van der Waals surface area contributed by atoms with Gasteiger partial charge in [0.05, 0.1) is 34.1 Å². The van der Waals surface area contributed by atoms with Crippen LogP contribution in [0.3, 0.4) is 0 Å². The van der Waals surface area contributed by atoms with E-state index in [-0.39, 0.29) is 0 Å². The first-order chi connectivity index (χ1) is 12.2. The van der Waals surface area contributed by atoms with E-state index < -0.39 is 0 Å². The van der Waals surface area contributed by atoms with Crippen molar-refractivity contribution >= 4 is 10.8 Å². The van der Waals surface area contributed by atoms with Gasteiger partial charge in [-0.3, -0.25) is 4.98 Å². The summed E-state index contributed by atoms with van der Waals surface area (Å²) in [6.45, 7) is 0. The average molecular weight is 339 g/mol. The largest absolute Gasteiger partial charge is 0.493 e. The first kappa shape index (κ1) is 16.9. The van der Waals surface area contributed by atoms with E-state index in [0.29, 0.717) is 23.7 Å². The predicted octanol–water partition coefficient (Wildman–Crippen LogP) is 3.86. The third-order valence-corrected chi connectivity index (χ3v) is 4.19. The smallest absolute Gasteiger partial charge is 0.168 e. The van der Waals surface area contributed by atoms with Gasteiger partial charge in [0.15, 0.2) is 23.0 Å². The number of rotatable bonds is 6. The molecule has 3 aromatic rings. The summed E-state index contributed by atoms with van der Waals surface area (Å²) in [6.07, 6.45) is 2.47. The molecule has 0 aliphatic carbocycles. The zero-order valence-electron chi connectivity index (χ0n) is 14.8. The molecule has 0 amide bonds. The van der Waals surface area contributed by atoms with Crippen molar-refractivity contribution in [3.63, 3.8) is 0 Å². The molecule has 0 fully saturated rings. The van der Waals surface area contributed by atoms with E-state index in [2.05, 4.69) is 4.98 Å². The molecule has 0 aliphatic heterocycles. The number of hydrogen-bond acceptors (Lipinski definition) is 5. The Hall–Kier alpha value is -2.95. The Kier molecular flexibility index (Phi) is 4.93. The number of nitrogens with zero attached hydrogens (tertiary/aromatic N) is 1. The van der Waals surface area contributed by atoms with Crippen LogP contribution in [0.1, 0.15) is 11.3 Å². The molecule has 3 rings (SSSR count). The monoisotopic (exact) mass is 339 g/mol. The van der Waals surface area contributed by atoms with Crippen molar-refractivity contribution in [3.8, 4) is 23.0 Å². The van der Waals surface area contributed by atoms with Crippen LogP contribution in [0, 0.1) is 0 Å². The zero-order valence-corrected chi connectivity index (χ0v) is 14.8. The van der Waals surface area contributed by atoms with Gasteiger partial charge >= 0.3 is 0 Å². The minimum atomic E-state index is 0.674. The van der Waals surface area contributed by atoms with Gasteiger partial charge in [0.25, 0.3) is 0 Å². The fourth-order valence-electron chi connectivity index (χ4n) is 2.96. The summed E-state index contributed by atoms with van der Waals surface area (Å²) in [6, 6.07) is 11.8. The molecule has 25 heavy (non-hydrogen) atoms. The molecule has 0 bridgehead atoms. The molecule has 0 unspecified atom stereocenters. The molecule has 130 valence electrons. The lowest BCUT2D eigenvalue weighted by molar-refractivity contribution is 0.354. The molecule has 5 heteroatoms. The van der Waals surface area contributed by atoms with Gasteiger partial charge in [-0.25, -0.2) is 0 Å². The van der Waals surface area contributed by atoms with Crippen LogP contribution < -0.4 is 18.9 Å². The van der Waals surface area contributed by atoms with Crippen LogP contribution >= 0.6 is 0 Å². The first-order valence-corrected chi connectivity index (χ1v) is 7.91. The standard InChI is InChI=1S/C20H21NO4/c1-22-17-7-5-13(12-19(17)24-3)11-16-14-6-8-18(23-2)20(25-4)15(14)9-10-21-16/h5-10,12H,11H2,1-4H3. The number of pyridine rings is 1. The molecule has 2 aromatic carbocycles. The van der Waals surface area contributed by atoms with Gasteiger partial charge in [0.1, 0.15) is 0 Å². The molecule has 0 radical (unpaired) electrons. The lowest BCUT2D eigenvalue weighted by Gasteiger charge is -2.13. The summed E-state index contributed by atoms with van der Waals surface area (Å²) < 4.78 is 21.6. The Bertz CT molecular complexity index is 892. The van der Waals surface area contributed by atoms with E-state index in [0.717, 1.165) is 27.8 Å². The summed E-state index contributed by atoms with van der Waals surface area (Å²) in [5.74, 6) is 2.84. The van der Waals surface area contributed by atoms with Gasteiger partial charge in [-0.2, -0.15) is 0 Å². The van der Waals surface area contributed by atoms with Crippen LogP contribution in [0.2, 0.25) is 0 Å². The predicted molar refractivity (Wildman–Crippen MR) is 97.2 cm³/mol. The van der Waals surface area contributed by atoms with Crippen molar-refractivity contribution in [1.29, 1.82) is 0 Å². The van der Waals surface area contributed by atoms with Crippen LogP contribution in [0.25, 0.3) is 10.8 Å². The second kappa shape index (κ2) is 7.30. The highest BCUT2D eigenvalue weighted by Gasteiger charge is 2.13. The topological polar surface area (TPSA) is 49.8 Å². The number of benzene rings is 2. The Morgan fingerprint density at radius 2 is 1.44 bits per heavy atom. The quantitative estimate of drug-likeness (QED) is 0.682. The minimum absolute atomic E-state index is 0.674. The molecule has 1 heterocycles. The van der Waals surface area contributed by atoms with Crippen LogP contribution in [0.5, 0.6) is 23.0 Å². The molecule has 0 spiro atoms. The van der Waals surface area contributed by atoms with Crippen molar-refractivity contribution in [2.45, 2.75) is 6.42 Å². The molecule has 0 N–H and O–H groups in total. The number of ether oxygens (including phenoxy) is 4. The van der Waals surface area contributed by atoms with Gasteiger partial charge in [-0.1, -0.05) is 6.07 Å². The van der Waals surface area contributed by atoms with Crippen molar-refractivity contribution in [2.24, 2.45) is 0 Å². The molecule has 0 aliphatic rings. The van der Waals surface area contributed by atoms with E-state index in [1.54, 1.807) is 34.6 Å². The number of hydrogen-bond donors (Lipinski definition) is 0. The van der Waals surface area contributed by atoms with Gasteiger partial charge in [0, 0.05) is 23.4 Å². The van der Waals surface area contributed by atoms with Gasteiger partial charge in [-0.05, 0) is 35.9 Å². The van der Waals surface area contributed by atoms with Crippen molar-refractivity contribution in [1.82, 2.24) is 4.98 Å². The summed E-state index contributed by atoms with van der Waals surface area (Å²) in [5, 5.41) is 2.02. The Morgan fingerprint density at radius 3 is 2.12 bits per heavy atom. The second-order valence-electron chi connectivity index (χ2n) is 5.52. The third-order valence-electron chi connectivity index (χ3n) is 4.19. The number of methoxy groups -OCH3 is 4. The van der Waals surface area contributed by atoms with E-state index in [1.165, 1.54) is 0 Å². The van der Waals surface area contributed by atoms with E-state index in [1.807, 2.05) is 36.4 Å². The molecule has 0 saturated carbocycles. The Labute approximate surface area is 147 Å². The first-order valence-electron chi connectivity index (χ1n) is 7.91. The molecule has 0 saturated heterocycles. The van der Waals surface area contributed by atoms with Crippen molar-refractivity contribution in [2.75, 3.05) is 28.4 Å². The maximum absolute atomic E-state index is 5.53. The lowest BCUT2D eigenvalue weighted by Crippen LogP contribution is -1.98. The van der Waals surface area contributed by atoms with Crippen molar-refractivity contribution < 1.29 is 18.9 Å². The highest BCUT2D eigenvalue weighted by Crippen LogP contribution is 2.37. The fraction of sp³-hybridized carbons (Fsp3) is 0.250. The third kappa shape index (κ3) is 3.18. The SMILES string of the molecule is COc1ccc(Cc2nccc3c(OC)c(OC)ccc23)cc1OC. The maximum atomic E-state index is 5.53. The van der Waals surface area contributed by atoms with Crippen molar-refractivity contribution in [3.05, 3.63) is 53.9 Å². The summed E-state index contributed by atoms with van der Waals surface area (Å²) in [5.41, 5.74) is 2.05. The molecule has 5 nitrogen and oxygen atoms in total. The highest BCUT2D eigenvalue weighted by atomic mass is 16.5. The van der Waals surface area contributed by atoms with Crippen LogP contribution in [0.4, 0.5) is 0 Å². The number of fused-ring (bicyclic) bond motifs is 1. The molecule has 0 atom stereocenters. The van der Waals surface area contributed by atoms with Gasteiger partial charge in [-0.15, -0.1) is 0 Å². The molecular weight excluding hydrogens is 318 g/mol. The van der Waals surface area contributed by atoms with E-state index >= 15 is 0 Å². The summed E-state index contributed by atoms with van der Waals surface area (Å²) in [7, 11) is 6.54. The van der Waals surface area contributed by atoms with Crippen LogP contribution in [0.15, 0.2) is 42.6 Å². The summed E-state index contributed by atoms with van der Waals surface area (Å²) >= 11 is 0. The summed E-state index contributed by atoms with van der Waals surface area (Å²) in [4.78, 5) is 4.56. The van der Waals surface area contributed by atoms with Crippen LogP contribution in [-0.4, -0.2) is 33.4 Å².